The van der Waals surface area contributed by atoms with E-state index in [0.717, 1.165) is 0 Å². The van der Waals surface area contributed by atoms with Crippen LogP contribution in [0.15, 0.2) is 24.3 Å². The van der Waals surface area contributed by atoms with Crippen LogP contribution in [0, 0.1) is 0 Å². The largest absolute Gasteiger partial charge is 0.573 e. The van der Waals surface area contributed by atoms with Crippen molar-refractivity contribution in [2.45, 2.75) is 44.8 Å². The SMILES string of the molecule is C[C@@H](N[S@](=O)C(C)(C)C)c1ccccc1OC(F)(F)F. The number of para-hydroxylation sites is 1. The topological polar surface area (TPSA) is 38.3 Å². The fraction of sp³-hybridized carbons (Fsp3) is 0.538. The van der Waals surface area contributed by atoms with Gasteiger partial charge in [-0.2, -0.15) is 0 Å². The van der Waals surface area contributed by atoms with Crippen LogP contribution in [0.1, 0.15) is 39.3 Å². The molecule has 1 aromatic rings. The molecule has 0 bridgehead atoms. The molecule has 1 N–H and O–H groups in total. The number of rotatable bonds is 4. The van der Waals surface area contributed by atoms with Gasteiger partial charge >= 0.3 is 6.36 Å². The lowest BCUT2D eigenvalue weighted by atomic mass is 10.1. The number of halogens is 3. The zero-order valence-electron chi connectivity index (χ0n) is 11.7. The molecule has 0 aliphatic heterocycles. The summed E-state index contributed by atoms with van der Waals surface area (Å²) in [6.07, 6.45) is -4.75. The molecule has 114 valence electrons. The minimum absolute atomic E-state index is 0.286. The predicted octanol–water partition coefficient (Wildman–Crippen LogP) is 3.70. The van der Waals surface area contributed by atoms with Gasteiger partial charge in [0.25, 0.3) is 0 Å². The smallest absolute Gasteiger partial charge is 0.405 e. The fourth-order valence-electron chi connectivity index (χ4n) is 1.46. The summed E-state index contributed by atoms with van der Waals surface area (Å²) in [5.74, 6) is -0.286. The first kappa shape index (κ1) is 17.0. The summed E-state index contributed by atoms with van der Waals surface area (Å²) < 4.78 is 55.2. The third kappa shape index (κ3) is 5.13. The highest BCUT2D eigenvalue weighted by atomic mass is 32.2. The third-order valence-corrected chi connectivity index (χ3v) is 4.13. The normalized spacial score (nSPS) is 15.8. The second-order valence-corrected chi connectivity index (χ2v) is 7.30. The Morgan fingerprint density at radius 1 is 1.20 bits per heavy atom. The number of benzene rings is 1. The van der Waals surface area contributed by atoms with Crippen LogP contribution in [-0.4, -0.2) is 15.3 Å². The quantitative estimate of drug-likeness (QED) is 0.921. The Hall–Kier alpha value is -1.08. The molecule has 0 heterocycles. The van der Waals surface area contributed by atoms with Crippen molar-refractivity contribution >= 4 is 11.0 Å². The maximum absolute atomic E-state index is 12.3. The zero-order chi connectivity index (χ0) is 15.6. The van der Waals surface area contributed by atoms with E-state index in [9.17, 15) is 17.4 Å². The molecule has 0 radical (unpaired) electrons. The Morgan fingerprint density at radius 2 is 1.75 bits per heavy atom. The molecule has 0 saturated heterocycles. The van der Waals surface area contributed by atoms with E-state index in [-0.39, 0.29) is 5.75 Å². The van der Waals surface area contributed by atoms with Crippen LogP contribution < -0.4 is 9.46 Å². The third-order valence-electron chi connectivity index (χ3n) is 2.45. The molecule has 0 aromatic heterocycles. The average molecular weight is 309 g/mol. The van der Waals surface area contributed by atoms with E-state index in [1.807, 2.05) is 0 Å². The highest BCUT2D eigenvalue weighted by Gasteiger charge is 2.33. The van der Waals surface area contributed by atoms with E-state index < -0.39 is 28.1 Å². The Labute approximate surface area is 119 Å². The van der Waals surface area contributed by atoms with Crippen LogP contribution in [0.4, 0.5) is 13.2 Å². The summed E-state index contributed by atoms with van der Waals surface area (Å²) in [6, 6.07) is 5.28. The molecule has 0 unspecified atom stereocenters. The van der Waals surface area contributed by atoms with Crippen LogP contribution >= 0.6 is 0 Å². The lowest BCUT2D eigenvalue weighted by Crippen LogP contribution is -2.35. The molecule has 7 heteroatoms. The van der Waals surface area contributed by atoms with Gasteiger partial charge in [-0.1, -0.05) is 18.2 Å². The maximum Gasteiger partial charge on any atom is 0.573 e. The average Bonchev–Trinajstić information content (AvgIpc) is 2.25. The Morgan fingerprint density at radius 3 is 2.25 bits per heavy atom. The summed E-state index contributed by atoms with van der Waals surface area (Å²) in [5.41, 5.74) is 0.308. The van der Waals surface area contributed by atoms with Crippen molar-refractivity contribution in [2.24, 2.45) is 0 Å². The van der Waals surface area contributed by atoms with Gasteiger partial charge in [-0.3, -0.25) is 0 Å². The molecular weight excluding hydrogens is 291 g/mol. The van der Waals surface area contributed by atoms with Crippen LogP contribution in [0.5, 0.6) is 5.75 Å². The first-order valence-electron chi connectivity index (χ1n) is 6.03. The molecule has 1 aromatic carbocycles. The van der Waals surface area contributed by atoms with Crippen LogP contribution in [0.3, 0.4) is 0 Å². The molecule has 0 amide bonds. The minimum Gasteiger partial charge on any atom is -0.405 e. The van der Waals surface area contributed by atoms with Crippen LogP contribution in [0.2, 0.25) is 0 Å². The van der Waals surface area contributed by atoms with Gasteiger partial charge < -0.3 is 4.74 Å². The summed E-state index contributed by atoms with van der Waals surface area (Å²) in [4.78, 5) is 0. The van der Waals surface area contributed by atoms with Gasteiger partial charge in [0.1, 0.15) is 5.75 Å². The molecule has 1 rings (SSSR count). The molecule has 2 atom stereocenters. The van der Waals surface area contributed by atoms with Crippen molar-refractivity contribution < 1.29 is 22.1 Å². The summed E-state index contributed by atoms with van der Waals surface area (Å²) in [7, 11) is -1.39. The van der Waals surface area contributed by atoms with Crippen molar-refractivity contribution in [1.29, 1.82) is 0 Å². The standard InChI is InChI=1S/C13H18F3NO2S/c1-9(17-20(18)12(2,3)4)10-7-5-6-8-11(10)19-13(14,15)16/h5-9,17H,1-4H3/t9-,20-/m1/s1. The number of hydrogen-bond acceptors (Lipinski definition) is 2. The van der Waals surface area contributed by atoms with E-state index >= 15 is 0 Å². The van der Waals surface area contributed by atoms with E-state index in [1.54, 1.807) is 33.8 Å². The predicted molar refractivity (Wildman–Crippen MR) is 72.6 cm³/mol. The van der Waals surface area contributed by atoms with Crippen molar-refractivity contribution in [3.63, 3.8) is 0 Å². The van der Waals surface area contributed by atoms with E-state index in [2.05, 4.69) is 9.46 Å². The number of nitrogens with one attached hydrogen (secondary N) is 1. The van der Waals surface area contributed by atoms with Crippen molar-refractivity contribution in [1.82, 2.24) is 4.72 Å². The summed E-state index contributed by atoms with van der Waals surface area (Å²) in [5, 5.41) is 0. The summed E-state index contributed by atoms with van der Waals surface area (Å²) in [6.45, 7) is 6.98. The highest BCUT2D eigenvalue weighted by molar-refractivity contribution is 7.84. The summed E-state index contributed by atoms with van der Waals surface area (Å²) >= 11 is 0. The molecule has 0 aliphatic rings. The fourth-order valence-corrected chi connectivity index (χ4v) is 2.26. The molecule has 0 saturated carbocycles. The second kappa shape index (κ2) is 6.13. The Kier molecular flexibility index (Phi) is 5.21. The zero-order valence-corrected chi connectivity index (χ0v) is 12.6. The van der Waals surface area contributed by atoms with Gasteiger partial charge in [0.15, 0.2) is 0 Å². The highest BCUT2D eigenvalue weighted by Crippen LogP contribution is 2.30. The van der Waals surface area contributed by atoms with Gasteiger partial charge in [-0.15, -0.1) is 13.2 Å². The van der Waals surface area contributed by atoms with Gasteiger partial charge in [0, 0.05) is 11.6 Å². The monoisotopic (exact) mass is 309 g/mol. The molecule has 0 spiro atoms. The lowest BCUT2D eigenvalue weighted by Gasteiger charge is -2.23. The van der Waals surface area contributed by atoms with Gasteiger partial charge in [0.2, 0.25) is 0 Å². The molecular formula is C13H18F3NO2S. The second-order valence-electron chi connectivity index (χ2n) is 5.31. The Bertz CT molecular complexity index is 483. The minimum atomic E-state index is -4.75. The van der Waals surface area contributed by atoms with Crippen molar-refractivity contribution in [3.05, 3.63) is 29.8 Å². The number of hydrogen-bond donors (Lipinski definition) is 1. The molecule has 20 heavy (non-hydrogen) atoms. The van der Waals surface area contributed by atoms with Crippen molar-refractivity contribution in [2.75, 3.05) is 0 Å². The van der Waals surface area contributed by atoms with E-state index in [4.69, 9.17) is 0 Å². The molecule has 0 fully saturated rings. The maximum atomic E-state index is 12.3. The van der Waals surface area contributed by atoms with Crippen molar-refractivity contribution in [3.8, 4) is 5.75 Å². The number of alkyl halides is 3. The van der Waals surface area contributed by atoms with Crippen LogP contribution in [0.25, 0.3) is 0 Å². The molecule has 0 aliphatic carbocycles. The van der Waals surface area contributed by atoms with Gasteiger partial charge in [-0.05, 0) is 33.8 Å². The number of ether oxygens (including phenoxy) is 1. The Balaban J connectivity index is 2.93. The first-order valence-corrected chi connectivity index (χ1v) is 7.18. The first-order chi connectivity index (χ1) is 9.00. The van der Waals surface area contributed by atoms with E-state index in [1.165, 1.54) is 18.2 Å². The molecule has 3 nitrogen and oxygen atoms in total. The van der Waals surface area contributed by atoms with Crippen LogP contribution in [-0.2, 0) is 11.0 Å². The lowest BCUT2D eigenvalue weighted by molar-refractivity contribution is -0.275. The van der Waals surface area contributed by atoms with Gasteiger partial charge in [-0.25, -0.2) is 8.93 Å². The van der Waals surface area contributed by atoms with E-state index in [0.29, 0.717) is 5.56 Å². The van der Waals surface area contributed by atoms with Gasteiger partial charge in [0.05, 0.1) is 15.7 Å².